The molecule has 2 atom stereocenters. The maximum absolute atomic E-state index is 14.1. The van der Waals surface area contributed by atoms with Crippen molar-refractivity contribution in [2.45, 2.75) is 70.4 Å². The molecule has 0 unspecified atom stereocenters. The van der Waals surface area contributed by atoms with Crippen molar-refractivity contribution in [3.63, 3.8) is 0 Å². The van der Waals surface area contributed by atoms with Crippen LogP contribution in [0.4, 0.5) is 14.6 Å². The first kappa shape index (κ1) is 26.2. The maximum atomic E-state index is 14.1. The van der Waals surface area contributed by atoms with Crippen LogP contribution in [0.15, 0.2) is 42.7 Å². The van der Waals surface area contributed by atoms with E-state index in [2.05, 4.69) is 10.4 Å². The van der Waals surface area contributed by atoms with Gasteiger partial charge in [-0.2, -0.15) is 5.10 Å². The number of carbonyl (C=O) groups is 1. The van der Waals surface area contributed by atoms with Crippen LogP contribution >= 0.6 is 0 Å². The molecule has 5 rings (SSSR count). The molecule has 9 nitrogen and oxygen atoms in total. The Morgan fingerprint density at radius 3 is 2.68 bits per heavy atom. The van der Waals surface area contributed by atoms with Gasteiger partial charge in [0.15, 0.2) is 34.9 Å². The number of carbonyl (C=O) groups excluding carboxylic acids is 1. The zero-order chi connectivity index (χ0) is 26.9. The highest BCUT2D eigenvalue weighted by molar-refractivity contribution is 5.93. The van der Waals surface area contributed by atoms with Crippen LogP contribution in [0, 0.1) is 17.6 Å². The second-order valence-corrected chi connectivity index (χ2v) is 10.4. The number of benzene rings is 1. The van der Waals surface area contributed by atoms with E-state index in [1.807, 2.05) is 13.8 Å². The molecule has 2 aromatic heterocycles. The Morgan fingerprint density at radius 2 is 2.00 bits per heavy atom. The fraction of sp³-hybridized carbons (Fsp3) is 0.481. The van der Waals surface area contributed by atoms with E-state index in [9.17, 15) is 18.7 Å². The predicted molar refractivity (Wildman–Crippen MR) is 134 cm³/mol. The average Bonchev–Trinajstić information content (AvgIpc) is 3.65. The topological polar surface area (TPSA) is 99.8 Å². The second-order valence-electron chi connectivity index (χ2n) is 10.4. The molecule has 2 N–H and O–H groups in total. The molecule has 38 heavy (non-hydrogen) atoms. The number of halogens is 2. The molecule has 1 aliphatic carbocycles. The van der Waals surface area contributed by atoms with E-state index in [4.69, 9.17) is 14.2 Å². The Kier molecular flexibility index (Phi) is 7.40. The highest BCUT2D eigenvalue weighted by Crippen LogP contribution is 2.37. The van der Waals surface area contributed by atoms with Crippen LogP contribution in [0.25, 0.3) is 0 Å². The van der Waals surface area contributed by atoms with Crippen LogP contribution in [0.1, 0.15) is 52.0 Å². The summed E-state index contributed by atoms with van der Waals surface area (Å²) in [5, 5.41) is 18.0. The van der Waals surface area contributed by atoms with Gasteiger partial charge in [-0.05, 0) is 38.3 Å². The summed E-state index contributed by atoms with van der Waals surface area (Å²) in [7, 11) is 0. The number of anilines is 1. The molecule has 2 fully saturated rings. The number of hydrogen-bond donors (Lipinski definition) is 2. The number of aromatic nitrogens is 3. The number of aromatic hydroxyl groups is 1. The smallest absolute Gasteiger partial charge is 0.248 e. The van der Waals surface area contributed by atoms with Crippen molar-refractivity contribution in [3.8, 4) is 17.4 Å². The number of nitrogens with one attached hydrogen (secondary N) is 1. The molecule has 11 heteroatoms. The van der Waals surface area contributed by atoms with Crippen LogP contribution in [0.2, 0.25) is 0 Å². The normalized spacial score (nSPS) is 20.1. The van der Waals surface area contributed by atoms with Gasteiger partial charge in [0.2, 0.25) is 5.91 Å². The van der Waals surface area contributed by atoms with E-state index in [-0.39, 0.29) is 23.6 Å². The van der Waals surface area contributed by atoms with E-state index < -0.39 is 29.2 Å². The van der Waals surface area contributed by atoms with E-state index in [0.29, 0.717) is 31.3 Å². The van der Waals surface area contributed by atoms with Gasteiger partial charge in [-0.15, -0.1) is 0 Å². The van der Waals surface area contributed by atoms with E-state index in [0.717, 1.165) is 37.8 Å². The minimum Gasteiger partial charge on any atom is -0.494 e. The molecule has 1 amide bonds. The van der Waals surface area contributed by atoms with Gasteiger partial charge in [-0.1, -0.05) is 31.7 Å². The van der Waals surface area contributed by atoms with Gasteiger partial charge >= 0.3 is 0 Å². The molecule has 1 saturated heterocycles. The largest absolute Gasteiger partial charge is 0.494 e. The fourth-order valence-corrected chi connectivity index (χ4v) is 5.16. The Hall–Kier alpha value is -3.44. The van der Waals surface area contributed by atoms with Gasteiger partial charge in [0.1, 0.15) is 17.9 Å². The van der Waals surface area contributed by atoms with Crippen molar-refractivity contribution in [3.05, 3.63) is 54.4 Å². The van der Waals surface area contributed by atoms with E-state index in [1.54, 1.807) is 16.9 Å². The third-order valence-electron chi connectivity index (χ3n) is 6.96. The molecular weight excluding hydrogens is 498 g/mol. The van der Waals surface area contributed by atoms with Crippen LogP contribution < -0.4 is 10.1 Å². The summed E-state index contributed by atoms with van der Waals surface area (Å²) in [6.45, 7) is 4.63. The first-order chi connectivity index (χ1) is 18.2. The van der Waals surface area contributed by atoms with Crippen LogP contribution in [0.5, 0.6) is 17.4 Å². The second kappa shape index (κ2) is 10.7. The summed E-state index contributed by atoms with van der Waals surface area (Å²) >= 11 is 0. The van der Waals surface area contributed by atoms with Crippen molar-refractivity contribution in [1.29, 1.82) is 0 Å². The van der Waals surface area contributed by atoms with Crippen molar-refractivity contribution in [1.82, 2.24) is 14.3 Å². The summed E-state index contributed by atoms with van der Waals surface area (Å²) in [6.07, 6.45) is 7.63. The van der Waals surface area contributed by atoms with Gasteiger partial charge in [-0.25, -0.2) is 8.78 Å². The molecule has 1 saturated carbocycles. The summed E-state index contributed by atoms with van der Waals surface area (Å²) in [5.41, 5.74) is 0. The van der Waals surface area contributed by atoms with Crippen molar-refractivity contribution < 1.29 is 32.9 Å². The summed E-state index contributed by atoms with van der Waals surface area (Å²) in [6, 6.07) is 5.55. The number of amides is 1. The lowest BCUT2D eigenvalue weighted by Crippen LogP contribution is -2.27. The Labute approximate surface area is 219 Å². The van der Waals surface area contributed by atoms with Crippen LogP contribution in [-0.2, 0) is 20.8 Å². The van der Waals surface area contributed by atoms with Gasteiger partial charge in [0.05, 0.1) is 19.3 Å². The number of nitrogens with zero attached hydrogens (tertiary/aromatic N) is 3. The third-order valence-corrected chi connectivity index (χ3v) is 6.96. The quantitative estimate of drug-likeness (QED) is 0.386. The fourth-order valence-electron chi connectivity index (χ4n) is 5.16. The lowest BCUT2D eigenvalue weighted by Gasteiger charge is -2.22. The van der Waals surface area contributed by atoms with Crippen molar-refractivity contribution in [2.24, 2.45) is 5.92 Å². The SMILES string of the molecule is CC1(C)OC[C@@H](Cn2ccc(NC(=O)[C@H](CC3CCCC3)n3cc(Oc4c(F)cccc4F)cc3O)n2)O1. The first-order valence-corrected chi connectivity index (χ1v) is 12.9. The maximum Gasteiger partial charge on any atom is 0.248 e. The number of hydrogen-bond acceptors (Lipinski definition) is 6. The number of ether oxygens (including phenoxy) is 3. The standard InChI is InChI=1S/C27H32F2N4O5/c1-27(2)36-16-19(38-27)14-32-11-10-23(31-32)30-26(35)22(12-17-6-3-4-7-17)33-15-18(13-24(33)34)37-25-20(28)8-5-9-21(25)29/h5,8-11,13,15,17,19,22,34H,3-4,6-7,12,14,16H2,1-2H3,(H,30,31,35)/t19-,22+/m1/s1. The molecule has 2 aliphatic rings. The van der Waals surface area contributed by atoms with Crippen molar-refractivity contribution >= 4 is 11.7 Å². The van der Waals surface area contributed by atoms with Crippen molar-refractivity contribution in [2.75, 3.05) is 11.9 Å². The summed E-state index contributed by atoms with van der Waals surface area (Å²) in [5.74, 6) is -2.88. The Balaban J connectivity index is 1.32. The van der Waals surface area contributed by atoms with Gasteiger partial charge in [-0.3, -0.25) is 9.48 Å². The van der Waals surface area contributed by atoms with Gasteiger partial charge in [0.25, 0.3) is 0 Å². The highest BCUT2D eigenvalue weighted by Gasteiger charge is 2.33. The van der Waals surface area contributed by atoms with Gasteiger partial charge in [0, 0.05) is 18.3 Å². The monoisotopic (exact) mass is 530 g/mol. The number of rotatable bonds is 9. The molecule has 3 heterocycles. The number of para-hydroxylation sites is 1. The molecule has 3 aromatic rings. The van der Waals surface area contributed by atoms with E-state index in [1.165, 1.54) is 22.9 Å². The lowest BCUT2D eigenvalue weighted by atomic mass is 9.97. The predicted octanol–water partition coefficient (Wildman–Crippen LogP) is 5.37. The molecule has 0 bridgehead atoms. The molecule has 0 spiro atoms. The minimum atomic E-state index is -0.869. The summed E-state index contributed by atoms with van der Waals surface area (Å²) < 4.78 is 48.1. The average molecular weight is 531 g/mol. The lowest BCUT2D eigenvalue weighted by molar-refractivity contribution is -0.139. The third kappa shape index (κ3) is 5.99. The Morgan fingerprint density at radius 1 is 1.26 bits per heavy atom. The Bertz CT molecular complexity index is 1260. The highest BCUT2D eigenvalue weighted by atomic mass is 19.1. The van der Waals surface area contributed by atoms with E-state index >= 15 is 0 Å². The molecule has 204 valence electrons. The zero-order valence-corrected chi connectivity index (χ0v) is 21.4. The molecular formula is C27H32F2N4O5. The first-order valence-electron chi connectivity index (χ1n) is 12.9. The molecule has 1 aromatic carbocycles. The van der Waals surface area contributed by atoms with Crippen LogP contribution in [-0.4, -0.2) is 43.9 Å². The minimum absolute atomic E-state index is 0.0155. The molecule has 0 radical (unpaired) electrons. The van der Waals surface area contributed by atoms with Gasteiger partial charge < -0.3 is 29.2 Å². The summed E-state index contributed by atoms with van der Waals surface area (Å²) in [4.78, 5) is 13.5. The zero-order valence-electron chi connectivity index (χ0n) is 21.4. The van der Waals surface area contributed by atoms with Crippen LogP contribution in [0.3, 0.4) is 0 Å². The molecule has 1 aliphatic heterocycles.